The number of likely N-dealkylation sites (N-methyl/N-ethyl adjacent to an activating group) is 1. The highest BCUT2D eigenvalue weighted by atomic mass is 16.1. The van der Waals surface area contributed by atoms with E-state index in [0.29, 0.717) is 5.56 Å². The maximum absolute atomic E-state index is 10.9. The van der Waals surface area contributed by atoms with Crippen LogP contribution in [0.3, 0.4) is 0 Å². The van der Waals surface area contributed by atoms with E-state index in [9.17, 15) is 4.79 Å². The monoisotopic (exact) mass is 203 g/mol. The van der Waals surface area contributed by atoms with Crippen LogP contribution in [-0.4, -0.2) is 29.7 Å². The standard InChI is InChI=1S/C11H13N3O/c1-12-5-6-14-11-9(7-13-14)3-2-4-10(11)8-15/h2-4,7-8,12H,5-6H2,1H3. The van der Waals surface area contributed by atoms with Crippen LogP contribution in [0.15, 0.2) is 24.4 Å². The first-order valence-electron chi connectivity index (χ1n) is 4.91. The van der Waals surface area contributed by atoms with E-state index >= 15 is 0 Å². The number of aldehydes is 1. The molecule has 0 spiro atoms. The van der Waals surface area contributed by atoms with Crippen LogP contribution in [0.4, 0.5) is 0 Å². The third kappa shape index (κ3) is 1.76. The summed E-state index contributed by atoms with van der Waals surface area (Å²) in [6, 6.07) is 5.65. The largest absolute Gasteiger partial charge is 0.318 e. The summed E-state index contributed by atoms with van der Waals surface area (Å²) in [6.07, 6.45) is 2.66. The van der Waals surface area contributed by atoms with E-state index in [-0.39, 0.29) is 0 Å². The molecule has 0 aliphatic heterocycles. The number of aromatic nitrogens is 2. The number of nitrogens with zero attached hydrogens (tertiary/aromatic N) is 2. The van der Waals surface area contributed by atoms with Gasteiger partial charge in [-0.25, -0.2) is 0 Å². The smallest absolute Gasteiger partial charge is 0.152 e. The lowest BCUT2D eigenvalue weighted by Gasteiger charge is -2.04. The molecule has 15 heavy (non-hydrogen) atoms. The molecule has 1 N–H and O–H groups in total. The summed E-state index contributed by atoms with van der Waals surface area (Å²) in [7, 11) is 1.90. The van der Waals surface area contributed by atoms with Gasteiger partial charge in [0.25, 0.3) is 0 Å². The summed E-state index contributed by atoms with van der Waals surface area (Å²) in [5, 5.41) is 8.33. The number of hydrogen-bond donors (Lipinski definition) is 1. The number of benzene rings is 1. The molecule has 0 atom stereocenters. The number of rotatable bonds is 4. The molecule has 1 heterocycles. The Bertz CT molecular complexity index is 476. The van der Waals surface area contributed by atoms with Crippen LogP contribution in [0.1, 0.15) is 10.4 Å². The lowest BCUT2D eigenvalue weighted by molar-refractivity contribution is 0.112. The van der Waals surface area contributed by atoms with E-state index in [1.807, 2.05) is 29.9 Å². The zero-order valence-corrected chi connectivity index (χ0v) is 8.60. The molecule has 4 heteroatoms. The van der Waals surface area contributed by atoms with E-state index in [2.05, 4.69) is 10.4 Å². The Labute approximate surface area is 87.9 Å². The van der Waals surface area contributed by atoms with Crippen LogP contribution >= 0.6 is 0 Å². The third-order valence-electron chi connectivity index (χ3n) is 2.39. The maximum Gasteiger partial charge on any atom is 0.152 e. The Kier molecular flexibility index (Phi) is 2.78. The van der Waals surface area contributed by atoms with Crippen LogP contribution in [-0.2, 0) is 6.54 Å². The van der Waals surface area contributed by atoms with Gasteiger partial charge in [0.2, 0.25) is 0 Å². The quantitative estimate of drug-likeness (QED) is 0.756. The number of carbonyl (C=O) groups excluding carboxylic acids is 1. The highest BCUT2D eigenvalue weighted by molar-refractivity contribution is 5.95. The average Bonchev–Trinajstić information content (AvgIpc) is 2.69. The molecule has 0 aliphatic carbocycles. The van der Waals surface area contributed by atoms with Gasteiger partial charge in [0.05, 0.1) is 18.3 Å². The van der Waals surface area contributed by atoms with Crippen LogP contribution in [0.25, 0.3) is 10.9 Å². The summed E-state index contributed by atoms with van der Waals surface area (Å²) < 4.78 is 1.86. The van der Waals surface area contributed by atoms with Crippen molar-refractivity contribution >= 4 is 17.2 Å². The lowest BCUT2D eigenvalue weighted by Crippen LogP contribution is -2.15. The summed E-state index contributed by atoms with van der Waals surface area (Å²) in [4.78, 5) is 10.9. The van der Waals surface area contributed by atoms with Gasteiger partial charge >= 0.3 is 0 Å². The van der Waals surface area contributed by atoms with Gasteiger partial charge < -0.3 is 5.32 Å². The molecule has 0 saturated heterocycles. The summed E-state index contributed by atoms with van der Waals surface area (Å²) in [6.45, 7) is 1.61. The van der Waals surface area contributed by atoms with Crippen molar-refractivity contribution in [2.24, 2.45) is 0 Å². The minimum atomic E-state index is 0.695. The number of carbonyl (C=O) groups is 1. The van der Waals surface area contributed by atoms with Gasteiger partial charge in [-0.3, -0.25) is 9.48 Å². The molecule has 0 unspecified atom stereocenters. The predicted octanol–water partition coefficient (Wildman–Crippen LogP) is 1.07. The second kappa shape index (κ2) is 4.23. The predicted molar refractivity (Wildman–Crippen MR) is 59.0 cm³/mol. The van der Waals surface area contributed by atoms with Gasteiger partial charge in [0.1, 0.15) is 0 Å². The van der Waals surface area contributed by atoms with E-state index in [1.54, 1.807) is 6.20 Å². The molecule has 0 radical (unpaired) electrons. The topological polar surface area (TPSA) is 46.9 Å². The van der Waals surface area contributed by atoms with E-state index < -0.39 is 0 Å². The van der Waals surface area contributed by atoms with Gasteiger partial charge in [0, 0.05) is 17.5 Å². The molecule has 78 valence electrons. The van der Waals surface area contributed by atoms with Crippen LogP contribution in [0, 0.1) is 0 Å². The second-order valence-corrected chi connectivity index (χ2v) is 3.37. The first-order valence-corrected chi connectivity index (χ1v) is 4.91. The zero-order valence-electron chi connectivity index (χ0n) is 8.60. The Morgan fingerprint density at radius 1 is 1.53 bits per heavy atom. The second-order valence-electron chi connectivity index (χ2n) is 3.37. The third-order valence-corrected chi connectivity index (χ3v) is 2.39. The Morgan fingerprint density at radius 3 is 3.13 bits per heavy atom. The highest BCUT2D eigenvalue weighted by Crippen LogP contribution is 2.16. The van der Waals surface area contributed by atoms with Crippen molar-refractivity contribution in [3.8, 4) is 0 Å². The van der Waals surface area contributed by atoms with Crippen LogP contribution in [0.2, 0.25) is 0 Å². The average molecular weight is 203 g/mol. The fraction of sp³-hybridized carbons (Fsp3) is 0.273. The van der Waals surface area contributed by atoms with Gasteiger partial charge in [-0.05, 0) is 13.1 Å². The fourth-order valence-corrected chi connectivity index (χ4v) is 1.65. The normalized spacial score (nSPS) is 10.7. The van der Waals surface area contributed by atoms with Crippen molar-refractivity contribution in [2.75, 3.05) is 13.6 Å². The van der Waals surface area contributed by atoms with Gasteiger partial charge in [-0.15, -0.1) is 0 Å². The molecule has 0 amide bonds. The minimum Gasteiger partial charge on any atom is -0.318 e. The van der Waals surface area contributed by atoms with E-state index in [4.69, 9.17) is 0 Å². The Morgan fingerprint density at radius 2 is 2.40 bits per heavy atom. The maximum atomic E-state index is 10.9. The molecule has 0 bridgehead atoms. The number of nitrogens with one attached hydrogen (secondary N) is 1. The van der Waals surface area contributed by atoms with Crippen LogP contribution in [0.5, 0.6) is 0 Å². The molecular weight excluding hydrogens is 190 g/mol. The van der Waals surface area contributed by atoms with Gasteiger partial charge in [0.15, 0.2) is 6.29 Å². The highest BCUT2D eigenvalue weighted by Gasteiger charge is 2.06. The molecule has 1 aromatic heterocycles. The summed E-state index contributed by atoms with van der Waals surface area (Å²) in [5.41, 5.74) is 1.61. The Hall–Kier alpha value is -1.68. The molecule has 2 rings (SSSR count). The molecule has 0 aliphatic rings. The van der Waals surface area contributed by atoms with Crippen molar-refractivity contribution in [1.82, 2.24) is 15.1 Å². The number of hydrogen-bond acceptors (Lipinski definition) is 3. The first-order chi connectivity index (χ1) is 7.36. The summed E-state index contributed by atoms with van der Waals surface area (Å²) >= 11 is 0. The van der Waals surface area contributed by atoms with Crippen molar-refractivity contribution in [1.29, 1.82) is 0 Å². The molecule has 2 aromatic rings. The first kappa shape index (κ1) is 9.86. The molecule has 1 aromatic carbocycles. The minimum absolute atomic E-state index is 0.695. The van der Waals surface area contributed by atoms with Crippen molar-refractivity contribution in [3.05, 3.63) is 30.0 Å². The molecule has 4 nitrogen and oxygen atoms in total. The zero-order chi connectivity index (χ0) is 10.7. The summed E-state index contributed by atoms with van der Waals surface area (Å²) in [5.74, 6) is 0. The van der Waals surface area contributed by atoms with Gasteiger partial charge in [-0.2, -0.15) is 5.10 Å². The Balaban J connectivity index is 2.50. The van der Waals surface area contributed by atoms with Crippen LogP contribution < -0.4 is 5.32 Å². The van der Waals surface area contributed by atoms with Crippen molar-refractivity contribution in [2.45, 2.75) is 6.54 Å². The fourth-order valence-electron chi connectivity index (χ4n) is 1.65. The number of para-hydroxylation sites is 1. The van der Waals surface area contributed by atoms with Crippen molar-refractivity contribution in [3.63, 3.8) is 0 Å². The lowest BCUT2D eigenvalue weighted by atomic mass is 10.1. The van der Waals surface area contributed by atoms with E-state index in [1.165, 1.54) is 0 Å². The SMILES string of the molecule is CNCCn1ncc2cccc(C=O)c21. The van der Waals surface area contributed by atoms with Gasteiger partial charge in [-0.1, -0.05) is 12.1 Å². The molecular formula is C11H13N3O. The number of fused-ring (bicyclic) bond motifs is 1. The molecule has 0 saturated carbocycles. The van der Waals surface area contributed by atoms with E-state index in [0.717, 1.165) is 30.3 Å². The molecule has 0 fully saturated rings. The van der Waals surface area contributed by atoms with Crippen molar-refractivity contribution < 1.29 is 4.79 Å².